The molecule has 68 valence electrons. The Bertz CT molecular complexity index is 84.2. The first-order chi connectivity index (χ1) is 5.24. The summed E-state index contributed by atoms with van der Waals surface area (Å²) in [4.78, 5) is 0. The van der Waals surface area contributed by atoms with Crippen LogP contribution in [-0.4, -0.2) is 37.5 Å². The zero-order valence-corrected chi connectivity index (χ0v) is 7.63. The average molecular weight is 161 g/mol. The standard InChI is InChI=1S/C8H19NO2/c1-4-8(5-10)9-7(2)6-11-3/h7-10H,4-6H2,1-3H3/t7?,8-/m1/s1. The average Bonchev–Trinajstić information content (AvgIpc) is 2.01. The highest BCUT2D eigenvalue weighted by molar-refractivity contribution is 4.68. The van der Waals surface area contributed by atoms with Gasteiger partial charge in [-0.2, -0.15) is 0 Å². The number of aliphatic hydroxyl groups is 1. The monoisotopic (exact) mass is 161 g/mol. The first kappa shape index (κ1) is 10.9. The second-order valence-corrected chi connectivity index (χ2v) is 2.81. The molecule has 0 fully saturated rings. The number of aliphatic hydroxyl groups excluding tert-OH is 1. The number of rotatable bonds is 6. The Labute approximate surface area is 68.8 Å². The Hall–Kier alpha value is -0.120. The first-order valence-corrected chi connectivity index (χ1v) is 4.10. The van der Waals surface area contributed by atoms with Gasteiger partial charge in [0, 0.05) is 19.2 Å². The van der Waals surface area contributed by atoms with Crippen molar-refractivity contribution < 1.29 is 9.84 Å². The van der Waals surface area contributed by atoms with E-state index in [-0.39, 0.29) is 12.6 Å². The lowest BCUT2D eigenvalue weighted by Gasteiger charge is -2.19. The molecule has 0 saturated heterocycles. The highest BCUT2D eigenvalue weighted by Gasteiger charge is 2.07. The normalized spacial score (nSPS) is 16.4. The number of hydrogen-bond acceptors (Lipinski definition) is 3. The molecule has 3 heteroatoms. The highest BCUT2D eigenvalue weighted by Crippen LogP contribution is 1.92. The maximum Gasteiger partial charge on any atom is 0.0613 e. The van der Waals surface area contributed by atoms with Crippen LogP contribution in [0.2, 0.25) is 0 Å². The molecule has 1 unspecified atom stereocenters. The Morgan fingerprint density at radius 3 is 2.55 bits per heavy atom. The topological polar surface area (TPSA) is 41.5 Å². The molecule has 0 aromatic rings. The third-order valence-corrected chi connectivity index (χ3v) is 1.65. The smallest absolute Gasteiger partial charge is 0.0613 e. The fraction of sp³-hybridized carbons (Fsp3) is 1.00. The molecule has 2 N–H and O–H groups in total. The van der Waals surface area contributed by atoms with Crippen molar-refractivity contribution in [3.05, 3.63) is 0 Å². The molecule has 0 amide bonds. The number of methoxy groups -OCH3 is 1. The van der Waals surface area contributed by atoms with Crippen molar-refractivity contribution in [1.82, 2.24) is 5.32 Å². The predicted octanol–water partition coefficient (Wildman–Crippen LogP) is 0.382. The van der Waals surface area contributed by atoms with Crippen molar-refractivity contribution in [2.75, 3.05) is 20.3 Å². The molecular formula is C8H19NO2. The summed E-state index contributed by atoms with van der Waals surface area (Å²) in [5.74, 6) is 0. The van der Waals surface area contributed by atoms with Gasteiger partial charge in [-0.3, -0.25) is 0 Å². The van der Waals surface area contributed by atoms with Gasteiger partial charge in [-0.1, -0.05) is 6.92 Å². The largest absolute Gasteiger partial charge is 0.395 e. The van der Waals surface area contributed by atoms with Gasteiger partial charge in [-0.25, -0.2) is 0 Å². The van der Waals surface area contributed by atoms with E-state index in [9.17, 15) is 0 Å². The van der Waals surface area contributed by atoms with E-state index in [1.165, 1.54) is 0 Å². The Morgan fingerprint density at radius 1 is 1.55 bits per heavy atom. The molecule has 11 heavy (non-hydrogen) atoms. The molecule has 0 radical (unpaired) electrons. The van der Waals surface area contributed by atoms with Gasteiger partial charge in [0.1, 0.15) is 0 Å². The van der Waals surface area contributed by atoms with E-state index in [0.717, 1.165) is 6.42 Å². The minimum atomic E-state index is 0.199. The van der Waals surface area contributed by atoms with Crippen LogP contribution in [0.1, 0.15) is 20.3 Å². The van der Waals surface area contributed by atoms with Crippen LogP contribution in [0.5, 0.6) is 0 Å². The zero-order chi connectivity index (χ0) is 8.69. The van der Waals surface area contributed by atoms with Gasteiger partial charge < -0.3 is 15.2 Å². The lowest BCUT2D eigenvalue weighted by atomic mass is 10.2. The summed E-state index contributed by atoms with van der Waals surface area (Å²) >= 11 is 0. The molecule has 0 rings (SSSR count). The van der Waals surface area contributed by atoms with Gasteiger partial charge in [0.05, 0.1) is 13.2 Å². The van der Waals surface area contributed by atoms with E-state index in [0.29, 0.717) is 12.6 Å². The maximum atomic E-state index is 8.84. The Balaban J connectivity index is 3.44. The van der Waals surface area contributed by atoms with E-state index in [2.05, 4.69) is 5.32 Å². The van der Waals surface area contributed by atoms with Crippen molar-refractivity contribution in [3.63, 3.8) is 0 Å². The van der Waals surface area contributed by atoms with Crippen LogP contribution in [0.25, 0.3) is 0 Å². The van der Waals surface area contributed by atoms with E-state index in [4.69, 9.17) is 9.84 Å². The quantitative estimate of drug-likeness (QED) is 0.592. The molecule has 0 aromatic heterocycles. The molecule has 0 saturated carbocycles. The van der Waals surface area contributed by atoms with Gasteiger partial charge in [0.2, 0.25) is 0 Å². The molecule has 0 aliphatic rings. The lowest BCUT2D eigenvalue weighted by Crippen LogP contribution is -2.40. The van der Waals surface area contributed by atoms with Gasteiger partial charge in [0.15, 0.2) is 0 Å². The Morgan fingerprint density at radius 2 is 2.18 bits per heavy atom. The van der Waals surface area contributed by atoms with Crippen LogP contribution in [0.3, 0.4) is 0 Å². The second-order valence-electron chi connectivity index (χ2n) is 2.81. The van der Waals surface area contributed by atoms with Gasteiger partial charge in [-0.05, 0) is 13.3 Å². The highest BCUT2D eigenvalue weighted by atomic mass is 16.5. The van der Waals surface area contributed by atoms with Crippen LogP contribution < -0.4 is 5.32 Å². The van der Waals surface area contributed by atoms with Crippen LogP contribution in [0, 0.1) is 0 Å². The van der Waals surface area contributed by atoms with Crippen molar-refractivity contribution in [3.8, 4) is 0 Å². The molecule has 0 aromatic carbocycles. The summed E-state index contributed by atoms with van der Waals surface area (Å²) in [6.07, 6.45) is 0.949. The number of nitrogens with one attached hydrogen (secondary N) is 1. The zero-order valence-electron chi connectivity index (χ0n) is 7.63. The summed E-state index contributed by atoms with van der Waals surface area (Å²) < 4.78 is 4.95. The van der Waals surface area contributed by atoms with Crippen LogP contribution in [-0.2, 0) is 4.74 Å². The summed E-state index contributed by atoms with van der Waals surface area (Å²) in [7, 11) is 1.68. The lowest BCUT2D eigenvalue weighted by molar-refractivity contribution is 0.153. The molecule has 3 nitrogen and oxygen atoms in total. The summed E-state index contributed by atoms with van der Waals surface area (Å²) in [6, 6.07) is 0.525. The Kier molecular flexibility index (Phi) is 6.51. The number of hydrogen-bond donors (Lipinski definition) is 2. The van der Waals surface area contributed by atoms with Crippen LogP contribution in [0.4, 0.5) is 0 Å². The predicted molar refractivity (Wildman–Crippen MR) is 45.6 cm³/mol. The van der Waals surface area contributed by atoms with E-state index >= 15 is 0 Å². The van der Waals surface area contributed by atoms with Gasteiger partial charge >= 0.3 is 0 Å². The van der Waals surface area contributed by atoms with E-state index in [1.807, 2.05) is 13.8 Å². The van der Waals surface area contributed by atoms with E-state index in [1.54, 1.807) is 7.11 Å². The second kappa shape index (κ2) is 6.58. The molecule has 2 atom stereocenters. The van der Waals surface area contributed by atoms with Crippen molar-refractivity contribution in [2.24, 2.45) is 0 Å². The SMILES string of the molecule is CC[C@H](CO)NC(C)COC. The van der Waals surface area contributed by atoms with E-state index < -0.39 is 0 Å². The summed E-state index contributed by atoms with van der Waals surface area (Å²) in [6.45, 7) is 4.98. The molecular weight excluding hydrogens is 142 g/mol. The minimum Gasteiger partial charge on any atom is -0.395 e. The molecule has 0 aliphatic carbocycles. The first-order valence-electron chi connectivity index (χ1n) is 4.10. The molecule has 0 heterocycles. The summed E-state index contributed by atoms with van der Waals surface area (Å²) in [5, 5.41) is 12.1. The van der Waals surface area contributed by atoms with Crippen molar-refractivity contribution >= 4 is 0 Å². The van der Waals surface area contributed by atoms with Crippen LogP contribution in [0.15, 0.2) is 0 Å². The van der Waals surface area contributed by atoms with Crippen molar-refractivity contribution in [2.45, 2.75) is 32.4 Å². The fourth-order valence-electron chi connectivity index (χ4n) is 1.00. The molecule has 0 aliphatic heterocycles. The molecule has 0 spiro atoms. The van der Waals surface area contributed by atoms with Gasteiger partial charge in [-0.15, -0.1) is 0 Å². The van der Waals surface area contributed by atoms with Crippen molar-refractivity contribution in [1.29, 1.82) is 0 Å². The van der Waals surface area contributed by atoms with Gasteiger partial charge in [0.25, 0.3) is 0 Å². The third-order valence-electron chi connectivity index (χ3n) is 1.65. The summed E-state index contributed by atoms with van der Waals surface area (Å²) in [5.41, 5.74) is 0. The van der Waals surface area contributed by atoms with Crippen LogP contribution >= 0.6 is 0 Å². The fourth-order valence-corrected chi connectivity index (χ4v) is 1.00. The maximum absolute atomic E-state index is 8.84. The molecule has 0 bridgehead atoms. The number of ether oxygens (including phenoxy) is 1. The third kappa shape index (κ3) is 5.18. The minimum absolute atomic E-state index is 0.199.